The Bertz CT molecular complexity index is 548. The van der Waals surface area contributed by atoms with E-state index in [1.807, 2.05) is 31.2 Å². The average Bonchev–Trinajstić information content (AvgIpc) is 2.79. The van der Waals surface area contributed by atoms with Crippen molar-refractivity contribution in [3.05, 3.63) is 35.8 Å². The fourth-order valence-corrected chi connectivity index (χ4v) is 2.13. The second-order valence-corrected chi connectivity index (χ2v) is 4.90. The number of para-hydroxylation sites is 1. The molecule has 0 bridgehead atoms. The predicted octanol–water partition coefficient (Wildman–Crippen LogP) is 2.53. The van der Waals surface area contributed by atoms with E-state index in [1.54, 1.807) is 7.11 Å². The van der Waals surface area contributed by atoms with Crippen LogP contribution in [0.3, 0.4) is 0 Å². The van der Waals surface area contributed by atoms with E-state index in [0.717, 1.165) is 34.9 Å². The lowest BCUT2D eigenvalue weighted by molar-refractivity contribution is 0.416. The first-order valence-corrected chi connectivity index (χ1v) is 6.54. The van der Waals surface area contributed by atoms with Crippen LogP contribution in [0.2, 0.25) is 0 Å². The molecule has 0 aliphatic rings. The lowest BCUT2D eigenvalue weighted by Crippen LogP contribution is -2.13. The number of H-pyrrole nitrogens is 1. The Kier molecular flexibility index (Phi) is 4.22. The van der Waals surface area contributed by atoms with Crippen LogP contribution in [0.1, 0.15) is 18.4 Å². The number of nitrogens with two attached hydrogens (primary N) is 1. The first-order valence-electron chi connectivity index (χ1n) is 6.54. The van der Waals surface area contributed by atoms with Crippen LogP contribution in [-0.4, -0.2) is 23.6 Å². The molecule has 1 unspecified atom stereocenters. The van der Waals surface area contributed by atoms with Gasteiger partial charge in [0.1, 0.15) is 11.6 Å². The molecule has 0 spiro atoms. The van der Waals surface area contributed by atoms with Gasteiger partial charge in [0.2, 0.25) is 0 Å². The number of aromatic amines is 1. The molecule has 19 heavy (non-hydrogen) atoms. The zero-order valence-electron chi connectivity index (χ0n) is 11.7. The van der Waals surface area contributed by atoms with Crippen LogP contribution in [0.25, 0.3) is 11.3 Å². The van der Waals surface area contributed by atoms with E-state index in [2.05, 4.69) is 16.9 Å². The molecular formula is C15H21N3O. The molecule has 0 aliphatic heterocycles. The van der Waals surface area contributed by atoms with Gasteiger partial charge in [0.05, 0.1) is 12.8 Å². The van der Waals surface area contributed by atoms with E-state index in [4.69, 9.17) is 10.5 Å². The number of aromatic nitrogens is 2. The molecule has 2 aromatic rings. The number of benzene rings is 1. The Balaban J connectivity index is 2.35. The van der Waals surface area contributed by atoms with E-state index >= 15 is 0 Å². The summed E-state index contributed by atoms with van der Waals surface area (Å²) in [6.45, 7) is 4.83. The van der Waals surface area contributed by atoms with E-state index < -0.39 is 0 Å². The number of hydrogen-bond acceptors (Lipinski definition) is 3. The minimum atomic E-state index is 0.427. The van der Waals surface area contributed by atoms with Gasteiger partial charge in [-0.2, -0.15) is 0 Å². The second kappa shape index (κ2) is 5.89. The molecule has 0 amide bonds. The minimum Gasteiger partial charge on any atom is -0.496 e. The molecular weight excluding hydrogens is 238 g/mol. The molecule has 2 rings (SSSR count). The van der Waals surface area contributed by atoms with Crippen LogP contribution in [0.4, 0.5) is 0 Å². The highest BCUT2D eigenvalue weighted by Gasteiger charge is 2.14. The smallest absolute Gasteiger partial charge is 0.128 e. The summed E-state index contributed by atoms with van der Waals surface area (Å²) in [5.74, 6) is 2.25. The second-order valence-electron chi connectivity index (χ2n) is 4.90. The average molecular weight is 259 g/mol. The van der Waals surface area contributed by atoms with Crippen LogP contribution in [0, 0.1) is 12.8 Å². The maximum absolute atomic E-state index is 5.66. The SMILES string of the molecule is COc1ccccc1-c1nc(CC(C)CN)[nH]c1C. The van der Waals surface area contributed by atoms with E-state index in [9.17, 15) is 0 Å². The number of nitrogens with zero attached hydrogens (tertiary/aromatic N) is 1. The summed E-state index contributed by atoms with van der Waals surface area (Å²) < 4.78 is 5.39. The van der Waals surface area contributed by atoms with E-state index in [0.29, 0.717) is 12.5 Å². The Morgan fingerprint density at radius 1 is 1.37 bits per heavy atom. The van der Waals surface area contributed by atoms with Crippen molar-refractivity contribution >= 4 is 0 Å². The number of hydrogen-bond donors (Lipinski definition) is 2. The van der Waals surface area contributed by atoms with E-state index in [-0.39, 0.29) is 0 Å². The number of methoxy groups -OCH3 is 1. The number of imidazole rings is 1. The summed E-state index contributed by atoms with van der Waals surface area (Å²) in [5, 5.41) is 0. The van der Waals surface area contributed by atoms with Gasteiger partial charge in [-0.1, -0.05) is 19.1 Å². The topological polar surface area (TPSA) is 63.9 Å². The largest absolute Gasteiger partial charge is 0.496 e. The highest BCUT2D eigenvalue weighted by atomic mass is 16.5. The first-order chi connectivity index (χ1) is 9.15. The standard InChI is InChI=1S/C15H21N3O/c1-10(9-16)8-14-17-11(2)15(18-14)12-6-4-5-7-13(12)19-3/h4-7,10H,8-9,16H2,1-3H3,(H,17,18). The van der Waals surface area contributed by atoms with Gasteiger partial charge in [-0.3, -0.25) is 0 Å². The normalized spacial score (nSPS) is 12.4. The Morgan fingerprint density at radius 3 is 2.79 bits per heavy atom. The van der Waals surface area contributed by atoms with Crippen LogP contribution < -0.4 is 10.5 Å². The molecule has 0 radical (unpaired) electrons. The van der Waals surface area contributed by atoms with Crippen molar-refractivity contribution in [3.8, 4) is 17.0 Å². The summed E-state index contributed by atoms with van der Waals surface area (Å²) in [7, 11) is 1.68. The number of aryl methyl sites for hydroxylation is 1. The lowest BCUT2D eigenvalue weighted by Gasteiger charge is -2.06. The molecule has 0 aliphatic carbocycles. The molecule has 0 saturated heterocycles. The zero-order chi connectivity index (χ0) is 13.8. The maximum atomic E-state index is 5.66. The van der Waals surface area contributed by atoms with Gasteiger partial charge in [-0.25, -0.2) is 4.98 Å². The monoisotopic (exact) mass is 259 g/mol. The molecule has 1 aromatic heterocycles. The fraction of sp³-hybridized carbons (Fsp3) is 0.400. The number of nitrogens with one attached hydrogen (secondary N) is 1. The molecule has 0 fully saturated rings. The van der Waals surface area contributed by atoms with Crippen LogP contribution in [0.5, 0.6) is 5.75 Å². The van der Waals surface area contributed by atoms with Gasteiger partial charge in [0.25, 0.3) is 0 Å². The molecule has 1 atom stereocenters. The highest BCUT2D eigenvalue weighted by Crippen LogP contribution is 2.30. The molecule has 4 nitrogen and oxygen atoms in total. The van der Waals surface area contributed by atoms with Crippen LogP contribution in [-0.2, 0) is 6.42 Å². The summed E-state index contributed by atoms with van der Waals surface area (Å²) in [5.41, 5.74) is 8.69. The van der Waals surface area contributed by atoms with Crippen molar-refractivity contribution in [1.82, 2.24) is 9.97 Å². The van der Waals surface area contributed by atoms with Gasteiger partial charge in [-0.05, 0) is 31.5 Å². The van der Waals surface area contributed by atoms with Crippen molar-refractivity contribution < 1.29 is 4.74 Å². The van der Waals surface area contributed by atoms with Gasteiger partial charge in [0.15, 0.2) is 0 Å². The highest BCUT2D eigenvalue weighted by molar-refractivity contribution is 5.69. The quantitative estimate of drug-likeness (QED) is 0.867. The van der Waals surface area contributed by atoms with Crippen molar-refractivity contribution in [2.24, 2.45) is 11.7 Å². The Morgan fingerprint density at radius 2 is 2.11 bits per heavy atom. The molecule has 1 heterocycles. The van der Waals surface area contributed by atoms with Crippen molar-refractivity contribution in [1.29, 1.82) is 0 Å². The van der Waals surface area contributed by atoms with Gasteiger partial charge >= 0.3 is 0 Å². The predicted molar refractivity (Wildman–Crippen MR) is 77.2 cm³/mol. The number of rotatable bonds is 5. The molecule has 3 N–H and O–H groups in total. The molecule has 0 saturated carbocycles. The summed E-state index contributed by atoms with van der Waals surface area (Å²) in [6, 6.07) is 7.93. The first kappa shape index (κ1) is 13.6. The fourth-order valence-electron chi connectivity index (χ4n) is 2.13. The van der Waals surface area contributed by atoms with E-state index in [1.165, 1.54) is 0 Å². The lowest BCUT2D eigenvalue weighted by atomic mass is 10.1. The Labute approximate surface area is 114 Å². The minimum absolute atomic E-state index is 0.427. The molecule has 1 aromatic carbocycles. The zero-order valence-corrected chi connectivity index (χ0v) is 11.7. The summed E-state index contributed by atoms with van der Waals surface area (Å²) in [6.07, 6.45) is 0.868. The number of ether oxygens (including phenoxy) is 1. The van der Waals surface area contributed by atoms with Gasteiger partial charge in [0, 0.05) is 17.7 Å². The van der Waals surface area contributed by atoms with Gasteiger partial charge < -0.3 is 15.5 Å². The third-order valence-corrected chi connectivity index (χ3v) is 3.24. The van der Waals surface area contributed by atoms with Crippen molar-refractivity contribution in [3.63, 3.8) is 0 Å². The van der Waals surface area contributed by atoms with Gasteiger partial charge in [-0.15, -0.1) is 0 Å². The van der Waals surface area contributed by atoms with Crippen molar-refractivity contribution in [2.45, 2.75) is 20.3 Å². The summed E-state index contributed by atoms with van der Waals surface area (Å²) in [4.78, 5) is 8.02. The van der Waals surface area contributed by atoms with Crippen molar-refractivity contribution in [2.75, 3.05) is 13.7 Å². The Hall–Kier alpha value is -1.81. The third kappa shape index (κ3) is 2.96. The van der Waals surface area contributed by atoms with Crippen LogP contribution in [0.15, 0.2) is 24.3 Å². The molecule has 102 valence electrons. The maximum Gasteiger partial charge on any atom is 0.128 e. The molecule has 4 heteroatoms. The van der Waals surface area contributed by atoms with Crippen LogP contribution >= 0.6 is 0 Å². The third-order valence-electron chi connectivity index (χ3n) is 3.24. The summed E-state index contributed by atoms with van der Waals surface area (Å²) >= 11 is 0.